The van der Waals surface area contributed by atoms with Crippen LogP contribution in [0.15, 0.2) is 55.4 Å². The first kappa shape index (κ1) is 20.5. The molecule has 2 N–H and O–H groups in total. The monoisotopic (exact) mass is 475 g/mol. The van der Waals surface area contributed by atoms with Crippen LogP contribution in [0.1, 0.15) is 6.92 Å². The van der Waals surface area contributed by atoms with Gasteiger partial charge in [-0.25, -0.2) is 29.4 Å². The Balaban J connectivity index is 1.25. The molecule has 4 aromatic heterocycles. The number of ether oxygens (including phenoxy) is 1. The van der Waals surface area contributed by atoms with Crippen molar-refractivity contribution in [2.75, 3.05) is 23.3 Å². The molecule has 0 unspecified atom stereocenters. The molecule has 1 aliphatic heterocycles. The fourth-order valence-corrected chi connectivity index (χ4v) is 4.01. The van der Waals surface area contributed by atoms with Gasteiger partial charge in [-0.1, -0.05) is 11.6 Å². The molecular weight excluding hydrogens is 458 g/mol. The minimum absolute atomic E-state index is 0.419. The summed E-state index contributed by atoms with van der Waals surface area (Å²) >= 11 is 6.49. The fourth-order valence-electron chi connectivity index (χ4n) is 3.79. The summed E-state index contributed by atoms with van der Waals surface area (Å²) in [6, 6.07) is 8.91. The number of pyridine rings is 1. The van der Waals surface area contributed by atoms with Crippen LogP contribution in [-0.4, -0.2) is 58.3 Å². The molecule has 34 heavy (non-hydrogen) atoms. The summed E-state index contributed by atoms with van der Waals surface area (Å²) in [7, 11) is 0. The molecule has 0 amide bonds. The standard InChI is InChI=1S/C22H18ClN9O2/c1-22(33)9-31(10-22)21-24-8-16-19(30-21)20(27-11-25-16)29-13-2-3-17(15(23)6-13)34-14-4-5-32-18(7-14)26-12-28-32/h2-8,11-12,33H,9-10H2,1H3,(H,25,27,29). The molecule has 11 nitrogen and oxygen atoms in total. The summed E-state index contributed by atoms with van der Waals surface area (Å²) in [5.74, 6) is 2.13. The van der Waals surface area contributed by atoms with Gasteiger partial charge in [0.25, 0.3) is 0 Å². The molecule has 12 heteroatoms. The van der Waals surface area contributed by atoms with Crippen molar-refractivity contribution in [2.45, 2.75) is 12.5 Å². The van der Waals surface area contributed by atoms with Crippen molar-refractivity contribution < 1.29 is 9.84 Å². The molecule has 0 atom stereocenters. The van der Waals surface area contributed by atoms with E-state index in [2.05, 4.69) is 35.3 Å². The molecular formula is C22H18ClN9O2. The zero-order valence-electron chi connectivity index (χ0n) is 17.9. The van der Waals surface area contributed by atoms with Crippen LogP contribution in [-0.2, 0) is 0 Å². The maximum Gasteiger partial charge on any atom is 0.226 e. The molecule has 1 saturated heterocycles. The Morgan fingerprint density at radius 1 is 1.09 bits per heavy atom. The number of rotatable bonds is 5. The number of fused-ring (bicyclic) bond motifs is 2. The lowest BCUT2D eigenvalue weighted by Gasteiger charge is -2.44. The van der Waals surface area contributed by atoms with Crippen molar-refractivity contribution in [3.8, 4) is 11.5 Å². The number of β-amino-alcohol motifs (C(OH)–C–C–N with tert-alkyl or cyclic N) is 1. The Bertz CT molecular complexity index is 1530. The maximum absolute atomic E-state index is 10.0. The molecule has 170 valence electrons. The zero-order valence-corrected chi connectivity index (χ0v) is 18.7. The van der Waals surface area contributed by atoms with Crippen LogP contribution in [0, 0.1) is 0 Å². The Hall–Kier alpha value is -4.09. The van der Waals surface area contributed by atoms with Gasteiger partial charge in [-0.05, 0) is 31.2 Å². The van der Waals surface area contributed by atoms with E-state index in [0.29, 0.717) is 63.7 Å². The third-order valence-corrected chi connectivity index (χ3v) is 5.68. The largest absolute Gasteiger partial charge is 0.456 e. The first-order valence-electron chi connectivity index (χ1n) is 10.4. The average Bonchev–Trinajstić information content (AvgIpc) is 3.27. The second-order valence-electron chi connectivity index (χ2n) is 8.28. The highest BCUT2D eigenvalue weighted by Crippen LogP contribution is 2.33. The Labute approximate surface area is 198 Å². The van der Waals surface area contributed by atoms with Gasteiger partial charge in [0.1, 0.15) is 35.2 Å². The maximum atomic E-state index is 10.0. The Morgan fingerprint density at radius 3 is 2.79 bits per heavy atom. The average molecular weight is 476 g/mol. The van der Waals surface area contributed by atoms with Gasteiger partial charge in [0.15, 0.2) is 11.5 Å². The molecule has 0 radical (unpaired) electrons. The highest BCUT2D eigenvalue weighted by atomic mass is 35.5. The molecule has 5 heterocycles. The predicted molar refractivity (Wildman–Crippen MR) is 126 cm³/mol. The second-order valence-corrected chi connectivity index (χ2v) is 8.68. The number of nitrogens with zero attached hydrogens (tertiary/aromatic N) is 8. The SMILES string of the molecule is CC1(O)CN(c2ncc3ncnc(Nc4ccc(Oc5ccn6ncnc6c5)c(Cl)c4)c3n2)C1. The van der Waals surface area contributed by atoms with E-state index in [9.17, 15) is 5.11 Å². The third kappa shape index (κ3) is 3.80. The number of hydrogen-bond acceptors (Lipinski definition) is 10. The third-order valence-electron chi connectivity index (χ3n) is 5.39. The highest BCUT2D eigenvalue weighted by molar-refractivity contribution is 6.32. The minimum Gasteiger partial charge on any atom is -0.456 e. The van der Waals surface area contributed by atoms with Crippen molar-refractivity contribution in [1.29, 1.82) is 0 Å². The summed E-state index contributed by atoms with van der Waals surface area (Å²) in [5.41, 5.74) is 1.82. The highest BCUT2D eigenvalue weighted by Gasteiger charge is 2.38. The smallest absolute Gasteiger partial charge is 0.226 e. The van der Waals surface area contributed by atoms with E-state index in [0.717, 1.165) is 0 Å². The molecule has 1 aromatic carbocycles. The van der Waals surface area contributed by atoms with Gasteiger partial charge in [-0.15, -0.1) is 0 Å². The van der Waals surface area contributed by atoms with E-state index >= 15 is 0 Å². The molecule has 0 saturated carbocycles. The minimum atomic E-state index is -0.728. The van der Waals surface area contributed by atoms with Crippen LogP contribution in [0.5, 0.6) is 11.5 Å². The first-order valence-corrected chi connectivity index (χ1v) is 10.8. The van der Waals surface area contributed by atoms with Crippen LogP contribution in [0.25, 0.3) is 16.7 Å². The number of hydrogen-bond donors (Lipinski definition) is 2. The molecule has 5 aromatic rings. The van der Waals surface area contributed by atoms with Crippen LogP contribution in [0.4, 0.5) is 17.5 Å². The van der Waals surface area contributed by atoms with E-state index in [4.69, 9.17) is 16.3 Å². The lowest BCUT2D eigenvalue weighted by molar-refractivity contribution is 0.0300. The van der Waals surface area contributed by atoms with Crippen LogP contribution >= 0.6 is 11.6 Å². The van der Waals surface area contributed by atoms with E-state index in [1.165, 1.54) is 12.7 Å². The molecule has 0 spiro atoms. The Morgan fingerprint density at radius 2 is 1.97 bits per heavy atom. The lowest BCUT2D eigenvalue weighted by atomic mass is 9.98. The summed E-state index contributed by atoms with van der Waals surface area (Å²) in [5, 5.41) is 17.8. The molecule has 1 aliphatic rings. The van der Waals surface area contributed by atoms with Gasteiger partial charge in [0.2, 0.25) is 5.95 Å². The van der Waals surface area contributed by atoms with Crippen molar-refractivity contribution in [2.24, 2.45) is 0 Å². The fraction of sp³-hybridized carbons (Fsp3) is 0.182. The topological polar surface area (TPSA) is 126 Å². The second kappa shape index (κ2) is 7.75. The number of benzene rings is 1. The summed E-state index contributed by atoms with van der Waals surface area (Å²) in [6.45, 7) is 2.72. The van der Waals surface area contributed by atoms with Gasteiger partial charge < -0.3 is 20.1 Å². The van der Waals surface area contributed by atoms with E-state index in [-0.39, 0.29) is 0 Å². The van der Waals surface area contributed by atoms with Crippen LogP contribution in [0.3, 0.4) is 0 Å². The summed E-state index contributed by atoms with van der Waals surface area (Å²) < 4.78 is 7.57. The number of anilines is 3. The van der Waals surface area contributed by atoms with Crippen LogP contribution < -0.4 is 15.0 Å². The van der Waals surface area contributed by atoms with E-state index in [1.807, 2.05) is 11.0 Å². The molecule has 0 aliphatic carbocycles. The van der Waals surface area contributed by atoms with Crippen molar-refractivity contribution in [1.82, 2.24) is 34.5 Å². The van der Waals surface area contributed by atoms with Gasteiger partial charge >= 0.3 is 0 Å². The summed E-state index contributed by atoms with van der Waals surface area (Å²) in [4.78, 5) is 23.6. The first-order chi connectivity index (χ1) is 16.4. The Kier molecular flexibility index (Phi) is 4.67. The zero-order chi connectivity index (χ0) is 23.3. The quantitative estimate of drug-likeness (QED) is 0.391. The van der Waals surface area contributed by atoms with Crippen LogP contribution in [0.2, 0.25) is 5.02 Å². The number of aliphatic hydroxyl groups is 1. The van der Waals surface area contributed by atoms with Gasteiger partial charge in [-0.3, -0.25) is 0 Å². The number of nitrogens with one attached hydrogen (secondary N) is 1. The number of halogens is 1. The lowest BCUT2D eigenvalue weighted by Crippen LogP contribution is -2.60. The van der Waals surface area contributed by atoms with E-state index in [1.54, 1.807) is 48.1 Å². The predicted octanol–water partition coefficient (Wildman–Crippen LogP) is 3.22. The van der Waals surface area contributed by atoms with Crippen molar-refractivity contribution in [3.05, 3.63) is 60.4 Å². The van der Waals surface area contributed by atoms with Gasteiger partial charge in [0.05, 0.1) is 29.9 Å². The molecule has 0 bridgehead atoms. The van der Waals surface area contributed by atoms with Crippen molar-refractivity contribution in [3.63, 3.8) is 0 Å². The number of aromatic nitrogens is 7. The normalized spacial score (nSPS) is 14.9. The van der Waals surface area contributed by atoms with E-state index < -0.39 is 5.60 Å². The van der Waals surface area contributed by atoms with Gasteiger partial charge in [-0.2, -0.15) is 5.10 Å². The molecule has 1 fully saturated rings. The van der Waals surface area contributed by atoms with Crippen molar-refractivity contribution >= 4 is 45.7 Å². The molecule has 6 rings (SSSR count). The van der Waals surface area contributed by atoms with Gasteiger partial charge in [0, 0.05) is 18.0 Å². The summed E-state index contributed by atoms with van der Waals surface area (Å²) in [6.07, 6.45) is 6.33.